The molecule has 0 saturated carbocycles. The summed E-state index contributed by atoms with van der Waals surface area (Å²) in [6.07, 6.45) is 5.18. The third kappa shape index (κ3) is 4.98. The Kier molecular flexibility index (Phi) is 6.29. The van der Waals surface area contributed by atoms with E-state index in [1.165, 1.54) is 0 Å². The molecule has 142 valence electrons. The van der Waals surface area contributed by atoms with Gasteiger partial charge in [0.2, 0.25) is 5.28 Å². The lowest BCUT2D eigenvalue weighted by Gasteiger charge is -2.08. The number of carboxylic acid groups (broad SMARTS) is 1. The van der Waals surface area contributed by atoms with Crippen molar-refractivity contribution < 1.29 is 14.6 Å². The van der Waals surface area contributed by atoms with Crippen molar-refractivity contribution in [1.82, 2.24) is 14.6 Å². The molecule has 0 radical (unpaired) electrons. The number of rotatable bonds is 9. The van der Waals surface area contributed by atoms with Crippen LogP contribution in [0.1, 0.15) is 32.6 Å². The molecular weight excluding hydrogens is 366 g/mol. The third-order valence-corrected chi connectivity index (χ3v) is 4.67. The minimum Gasteiger partial charge on any atom is -0.494 e. The summed E-state index contributed by atoms with van der Waals surface area (Å²) in [7, 11) is 0. The zero-order valence-electron chi connectivity index (χ0n) is 15.1. The van der Waals surface area contributed by atoms with Crippen molar-refractivity contribution in [2.75, 3.05) is 6.61 Å². The van der Waals surface area contributed by atoms with Gasteiger partial charge in [0.15, 0.2) is 0 Å². The summed E-state index contributed by atoms with van der Waals surface area (Å²) in [6.45, 7) is 2.37. The van der Waals surface area contributed by atoms with Crippen LogP contribution in [0, 0.1) is 5.92 Å². The number of ether oxygens (including phenoxy) is 1. The molecule has 0 bridgehead atoms. The summed E-state index contributed by atoms with van der Waals surface area (Å²) >= 11 is 5.89. The number of benzene rings is 1. The van der Waals surface area contributed by atoms with Crippen LogP contribution in [0.15, 0.2) is 42.6 Å². The molecule has 7 heteroatoms. The first-order valence-corrected chi connectivity index (χ1v) is 9.39. The Hall–Kier alpha value is -2.60. The molecule has 0 aliphatic carbocycles. The van der Waals surface area contributed by atoms with Crippen LogP contribution >= 0.6 is 11.6 Å². The van der Waals surface area contributed by atoms with Crippen molar-refractivity contribution in [1.29, 1.82) is 0 Å². The number of aromatic nitrogens is 3. The van der Waals surface area contributed by atoms with Crippen molar-refractivity contribution in [2.45, 2.75) is 32.6 Å². The molecule has 0 spiro atoms. The lowest BCUT2D eigenvalue weighted by molar-refractivity contribution is -0.141. The van der Waals surface area contributed by atoms with E-state index in [2.05, 4.69) is 10.1 Å². The molecule has 0 fully saturated rings. The molecule has 6 nitrogen and oxygen atoms in total. The summed E-state index contributed by atoms with van der Waals surface area (Å²) in [4.78, 5) is 14.8. The number of hydrogen-bond donors (Lipinski definition) is 1. The minimum atomic E-state index is -0.726. The highest BCUT2D eigenvalue weighted by Crippen LogP contribution is 2.24. The fourth-order valence-electron chi connectivity index (χ4n) is 2.86. The molecule has 3 aromatic rings. The lowest BCUT2D eigenvalue weighted by atomic mass is 10.0. The van der Waals surface area contributed by atoms with Gasteiger partial charge in [0, 0.05) is 5.56 Å². The first-order valence-electron chi connectivity index (χ1n) is 9.01. The highest BCUT2D eigenvalue weighted by molar-refractivity contribution is 6.28. The van der Waals surface area contributed by atoms with E-state index in [4.69, 9.17) is 21.4 Å². The summed E-state index contributed by atoms with van der Waals surface area (Å²) in [5.41, 5.74) is 2.83. The molecule has 3 rings (SSSR count). The molecule has 1 atom stereocenters. The number of carboxylic acids is 1. The van der Waals surface area contributed by atoms with Gasteiger partial charge in [-0.25, -0.2) is 9.50 Å². The molecule has 1 unspecified atom stereocenters. The maximum absolute atomic E-state index is 10.8. The second kappa shape index (κ2) is 8.86. The number of unbranched alkanes of at least 4 members (excludes halogenated alkanes) is 2. The van der Waals surface area contributed by atoms with Crippen LogP contribution in [0.25, 0.3) is 16.8 Å². The van der Waals surface area contributed by atoms with Gasteiger partial charge in [-0.2, -0.15) is 0 Å². The van der Waals surface area contributed by atoms with E-state index in [-0.39, 0.29) is 11.2 Å². The predicted molar refractivity (Wildman–Crippen MR) is 104 cm³/mol. The fourth-order valence-corrected chi connectivity index (χ4v) is 2.99. The monoisotopic (exact) mass is 387 g/mol. The van der Waals surface area contributed by atoms with E-state index >= 15 is 0 Å². The molecule has 0 aliphatic heterocycles. The van der Waals surface area contributed by atoms with Crippen LogP contribution < -0.4 is 4.74 Å². The summed E-state index contributed by atoms with van der Waals surface area (Å²) in [5, 5.41) is 13.3. The summed E-state index contributed by atoms with van der Waals surface area (Å²) in [5.74, 6) is -0.189. The van der Waals surface area contributed by atoms with Gasteiger partial charge in [-0.3, -0.25) is 4.79 Å². The molecule has 27 heavy (non-hydrogen) atoms. The van der Waals surface area contributed by atoms with Gasteiger partial charge in [-0.15, -0.1) is 5.10 Å². The fraction of sp³-hybridized carbons (Fsp3) is 0.350. The standard InChI is InChI=1S/C20H22ClN3O3/c1-14(19(25)26)5-3-2-4-12-27-17-9-6-15(7-10-17)18-11-8-16-13-22-20(21)23-24(16)18/h6-11,13-14H,2-5,12H2,1H3,(H,25,26). The van der Waals surface area contributed by atoms with Crippen LogP contribution in [-0.4, -0.2) is 32.3 Å². The summed E-state index contributed by atoms with van der Waals surface area (Å²) < 4.78 is 7.54. The first kappa shape index (κ1) is 19.2. The van der Waals surface area contributed by atoms with Gasteiger partial charge < -0.3 is 9.84 Å². The molecule has 2 aromatic heterocycles. The van der Waals surface area contributed by atoms with Gasteiger partial charge in [0.1, 0.15) is 5.75 Å². The average molecular weight is 388 g/mol. The van der Waals surface area contributed by atoms with E-state index in [1.54, 1.807) is 17.6 Å². The topological polar surface area (TPSA) is 76.7 Å². The van der Waals surface area contributed by atoms with Crippen LogP contribution in [0.4, 0.5) is 0 Å². The number of carbonyl (C=O) groups is 1. The van der Waals surface area contributed by atoms with Gasteiger partial charge in [0.05, 0.1) is 29.9 Å². The van der Waals surface area contributed by atoms with Crippen molar-refractivity contribution in [2.24, 2.45) is 5.92 Å². The van der Waals surface area contributed by atoms with Gasteiger partial charge in [-0.05, 0) is 60.8 Å². The number of nitrogens with zero attached hydrogens (tertiary/aromatic N) is 3. The Labute approximate surface area is 162 Å². The Balaban J connectivity index is 1.50. The number of aliphatic carboxylic acids is 1. The smallest absolute Gasteiger partial charge is 0.306 e. The van der Waals surface area contributed by atoms with Crippen molar-refractivity contribution >= 4 is 23.1 Å². The average Bonchev–Trinajstić information content (AvgIpc) is 3.07. The quantitative estimate of drug-likeness (QED) is 0.538. The molecule has 0 amide bonds. The molecule has 0 aliphatic rings. The highest BCUT2D eigenvalue weighted by Gasteiger charge is 2.10. The van der Waals surface area contributed by atoms with Crippen molar-refractivity contribution in [3.8, 4) is 17.0 Å². The Morgan fingerprint density at radius 2 is 1.96 bits per heavy atom. The normalized spacial score (nSPS) is 12.2. The lowest BCUT2D eigenvalue weighted by Crippen LogP contribution is -2.09. The first-order chi connectivity index (χ1) is 13.0. The van der Waals surface area contributed by atoms with E-state index in [9.17, 15) is 4.79 Å². The zero-order chi connectivity index (χ0) is 19.2. The Morgan fingerprint density at radius 1 is 1.19 bits per heavy atom. The van der Waals surface area contributed by atoms with E-state index in [1.807, 2.05) is 36.4 Å². The van der Waals surface area contributed by atoms with Gasteiger partial charge >= 0.3 is 5.97 Å². The zero-order valence-corrected chi connectivity index (χ0v) is 15.9. The molecule has 1 aromatic carbocycles. The third-order valence-electron chi connectivity index (χ3n) is 4.49. The number of halogens is 1. The van der Waals surface area contributed by atoms with E-state index in [0.717, 1.165) is 41.8 Å². The van der Waals surface area contributed by atoms with Crippen LogP contribution in [0.3, 0.4) is 0 Å². The van der Waals surface area contributed by atoms with E-state index in [0.29, 0.717) is 13.0 Å². The minimum absolute atomic E-state index is 0.206. The van der Waals surface area contributed by atoms with Crippen molar-refractivity contribution in [3.63, 3.8) is 0 Å². The Morgan fingerprint density at radius 3 is 2.70 bits per heavy atom. The second-order valence-electron chi connectivity index (χ2n) is 6.54. The SMILES string of the molecule is CC(CCCCCOc1ccc(-c2ccc3cnc(Cl)nn23)cc1)C(=O)O. The molecule has 1 N–H and O–H groups in total. The van der Waals surface area contributed by atoms with Crippen LogP contribution in [-0.2, 0) is 4.79 Å². The molecule has 0 saturated heterocycles. The van der Waals surface area contributed by atoms with Crippen molar-refractivity contribution in [3.05, 3.63) is 47.9 Å². The predicted octanol–water partition coefficient (Wildman–Crippen LogP) is 4.71. The Bertz CT molecular complexity index is 908. The highest BCUT2D eigenvalue weighted by atomic mass is 35.5. The number of hydrogen-bond acceptors (Lipinski definition) is 4. The maximum Gasteiger partial charge on any atom is 0.306 e. The van der Waals surface area contributed by atoms with Crippen LogP contribution in [0.5, 0.6) is 5.75 Å². The largest absolute Gasteiger partial charge is 0.494 e. The summed E-state index contributed by atoms with van der Waals surface area (Å²) in [6, 6.07) is 11.8. The van der Waals surface area contributed by atoms with Gasteiger partial charge in [0.25, 0.3) is 0 Å². The van der Waals surface area contributed by atoms with E-state index < -0.39 is 5.97 Å². The number of fused-ring (bicyclic) bond motifs is 1. The van der Waals surface area contributed by atoms with Crippen LogP contribution in [0.2, 0.25) is 5.28 Å². The molecular formula is C20H22ClN3O3. The second-order valence-corrected chi connectivity index (χ2v) is 6.88. The van der Waals surface area contributed by atoms with Gasteiger partial charge in [-0.1, -0.05) is 19.8 Å². The maximum atomic E-state index is 10.8. The molecule has 2 heterocycles.